The SMILES string of the molecule is CCCCC(C(=O)C(N)=O)c1ccccc1C(N)=O. The minimum Gasteiger partial charge on any atom is -0.366 e. The smallest absolute Gasteiger partial charge is 0.285 e. The second-order valence-corrected chi connectivity index (χ2v) is 4.37. The monoisotopic (exact) mass is 262 g/mol. The third-order valence-electron chi connectivity index (χ3n) is 3.01. The molecule has 0 aliphatic rings. The van der Waals surface area contributed by atoms with Crippen LogP contribution in [0.4, 0.5) is 0 Å². The first-order valence-electron chi connectivity index (χ1n) is 6.21. The Morgan fingerprint density at radius 3 is 2.32 bits per heavy atom. The van der Waals surface area contributed by atoms with Crippen molar-refractivity contribution in [2.24, 2.45) is 11.5 Å². The Kier molecular flexibility index (Phi) is 5.23. The van der Waals surface area contributed by atoms with Gasteiger partial charge in [0.1, 0.15) is 0 Å². The molecule has 1 aromatic rings. The predicted octanol–water partition coefficient (Wildman–Crippen LogP) is 1.11. The number of hydrogen-bond donors (Lipinski definition) is 2. The van der Waals surface area contributed by atoms with Crippen molar-refractivity contribution in [1.82, 2.24) is 0 Å². The lowest BCUT2D eigenvalue weighted by Crippen LogP contribution is -2.30. The molecular formula is C14H18N2O3. The Hall–Kier alpha value is -2.17. The van der Waals surface area contributed by atoms with Gasteiger partial charge in [-0.2, -0.15) is 0 Å². The maximum Gasteiger partial charge on any atom is 0.285 e. The molecule has 5 nitrogen and oxygen atoms in total. The van der Waals surface area contributed by atoms with Crippen molar-refractivity contribution in [3.63, 3.8) is 0 Å². The molecule has 0 saturated heterocycles. The molecule has 5 heteroatoms. The Bertz CT molecular complexity index is 497. The van der Waals surface area contributed by atoms with Crippen LogP contribution in [0.5, 0.6) is 0 Å². The van der Waals surface area contributed by atoms with Crippen LogP contribution in [-0.4, -0.2) is 17.6 Å². The largest absolute Gasteiger partial charge is 0.366 e. The third kappa shape index (κ3) is 3.64. The van der Waals surface area contributed by atoms with E-state index in [2.05, 4.69) is 0 Å². The minimum atomic E-state index is -0.986. The molecule has 0 saturated carbocycles. The highest BCUT2D eigenvalue weighted by Crippen LogP contribution is 2.26. The highest BCUT2D eigenvalue weighted by atomic mass is 16.2. The fourth-order valence-corrected chi connectivity index (χ4v) is 2.03. The maximum atomic E-state index is 11.9. The quantitative estimate of drug-likeness (QED) is 0.719. The zero-order valence-electron chi connectivity index (χ0n) is 10.9. The van der Waals surface area contributed by atoms with Crippen molar-refractivity contribution < 1.29 is 14.4 Å². The van der Waals surface area contributed by atoms with Crippen LogP contribution in [0, 0.1) is 0 Å². The minimum absolute atomic E-state index is 0.262. The lowest BCUT2D eigenvalue weighted by Gasteiger charge is -2.16. The average molecular weight is 262 g/mol. The van der Waals surface area contributed by atoms with Crippen LogP contribution in [0.2, 0.25) is 0 Å². The van der Waals surface area contributed by atoms with E-state index in [0.717, 1.165) is 12.8 Å². The van der Waals surface area contributed by atoms with Crippen LogP contribution in [-0.2, 0) is 9.59 Å². The molecule has 0 radical (unpaired) electrons. The molecule has 1 atom stereocenters. The Morgan fingerprint density at radius 2 is 1.79 bits per heavy atom. The number of rotatable bonds is 7. The van der Waals surface area contributed by atoms with Gasteiger partial charge in [0.15, 0.2) is 0 Å². The van der Waals surface area contributed by atoms with Crippen LogP contribution in [0.25, 0.3) is 0 Å². The summed E-state index contributed by atoms with van der Waals surface area (Å²) in [7, 11) is 0. The van der Waals surface area contributed by atoms with Gasteiger partial charge in [0.25, 0.3) is 5.91 Å². The highest BCUT2D eigenvalue weighted by molar-refractivity contribution is 6.37. The van der Waals surface area contributed by atoms with E-state index >= 15 is 0 Å². The van der Waals surface area contributed by atoms with E-state index in [0.29, 0.717) is 12.0 Å². The molecule has 1 unspecified atom stereocenters. The molecule has 1 aromatic carbocycles. The molecule has 0 fully saturated rings. The van der Waals surface area contributed by atoms with Crippen LogP contribution in [0.1, 0.15) is 48.0 Å². The molecule has 0 spiro atoms. The molecule has 0 aliphatic carbocycles. The normalized spacial score (nSPS) is 11.8. The summed E-state index contributed by atoms with van der Waals surface area (Å²) in [5.41, 5.74) is 11.1. The molecule has 0 heterocycles. The highest BCUT2D eigenvalue weighted by Gasteiger charge is 2.27. The van der Waals surface area contributed by atoms with E-state index in [9.17, 15) is 14.4 Å². The Labute approximate surface area is 112 Å². The van der Waals surface area contributed by atoms with Crippen molar-refractivity contribution in [1.29, 1.82) is 0 Å². The van der Waals surface area contributed by atoms with Gasteiger partial charge in [-0.1, -0.05) is 38.0 Å². The van der Waals surface area contributed by atoms with E-state index in [-0.39, 0.29) is 5.56 Å². The fourth-order valence-electron chi connectivity index (χ4n) is 2.03. The van der Waals surface area contributed by atoms with E-state index in [4.69, 9.17) is 11.5 Å². The number of primary amides is 2. The number of benzene rings is 1. The molecule has 19 heavy (non-hydrogen) atoms. The van der Waals surface area contributed by atoms with Crippen LogP contribution in [0.15, 0.2) is 24.3 Å². The number of hydrogen-bond acceptors (Lipinski definition) is 3. The number of carbonyl (C=O) groups excluding carboxylic acids is 3. The first kappa shape index (κ1) is 14.9. The molecule has 0 aromatic heterocycles. The van der Waals surface area contributed by atoms with Gasteiger partial charge in [0, 0.05) is 5.56 Å². The predicted molar refractivity (Wildman–Crippen MR) is 71.4 cm³/mol. The van der Waals surface area contributed by atoms with Crippen molar-refractivity contribution >= 4 is 17.6 Å². The van der Waals surface area contributed by atoms with Gasteiger partial charge in [-0.15, -0.1) is 0 Å². The van der Waals surface area contributed by atoms with Crippen molar-refractivity contribution in [2.45, 2.75) is 32.1 Å². The van der Waals surface area contributed by atoms with E-state index in [1.54, 1.807) is 24.3 Å². The Balaban J connectivity index is 3.20. The number of ketones is 1. The van der Waals surface area contributed by atoms with Gasteiger partial charge in [-0.25, -0.2) is 0 Å². The molecule has 0 bridgehead atoms. The molecule has 2 amide bonds. The second kappa shape index (κ2) is 6.68. The van der Waals surface area contributed by atoms with Gasteiger partial charge in [-0.3, -0.25) is 14.4 Å². The summed E-state index contributed by atoms with van der Waals surface area (Å²) >= 11 is 0. The zero-order chi connectivity index (χ0) is 14.4. The van der Waals surface area contributed by atoms with E-state index in [1.165, 1.54) is 0 Å². The third-order valence-corrected chi connectivity index (χ3v) is 3.01. The lowest BCUT2D eigenvalue weighted by atomic mass is 9.86. The topological polar surface area (TPSA) is 103 Å². The van der Waals surface area contributed by atoms with Gasteiger partial charge < -0.3 is 11.5 Å². The van der Waals surface area contributed by atoms with Crippen molar-refractivity contribution in [3.8, 4) is 0 Å². The van der Waals surface area contributed by atoms with Crippen molar-refractivity contribution in [3.05, 3.63) is 35.4 Å². The zero-order valence-corrected chi connectivity index (χ0v) is 10.9. The maximum absolute atomic E-state index is 11.9. The first-order chi connectivity index (χ1) is 8.99. The standard InChI is InChI=1S/C14H18N2O3/c1-2-3-6-10(12(17)14(16)19)9-7-4-5-8-11(9)13(15)18/h4-5,7-8,10H,2-3,6H2,1H3,(H2,15,18)(H2,16,19). The molecule has 4 N–H and O–H groups in total. The fraction of sp³-hybridized carbons (Fsp3) is 0.357. The van der Waals surface area contributed by atoms with Crippen LogP contribution >= 0.6 is 0 Å². The van der Waals surface area contributed by atoms with Crippen LogP contribution < -0.4 is 11.5 Å². The van der Waals surface area contributed by atoms with E-state index < -0.39 is 23.5 Å². The van der Waals surface area contributed by atoms with E-state index in [1.807, 2.05) is 6.92 Å². The first-order valence-corrected chi connectivity index (χ1v) is 6.21. The van der Waals surface area contributed by atoms with Crippen molar-refractivity contribution in [2.75, 3.05) is 0 Å². The summed E-state index contributed by atoms with van der Waals surface area (Å²) in [4.78, 5) is 34.4. The number of nitrogens with two attached hydrogens (primary N) is 2. The second-order valence-electron chi connectivity index (χ2n) is 4.37. The number of unbranched alkanes of at least 4 members (excludes halogenated alkanes) is 1. The molecule has 102 valence electrons. The summed E-state index contributed by atoms with van der Waals surface area (Å²) < 4.78 is 0. The lowest BCUT2D eigenvalue weighted by molar-refractivity contribution is -0.137. The average Bonchev–Trinajstić information content (AvgIpc) is 2.39. The van der Waals surface area contributed by atoms with Gasteiger partial charge in [-0.05, 0) is 18.1 Å². The molecule has 1 rings (SSSR count). The summed E-state index contributed by atoms with van der Waals surface area (Å²) in [6, 6.07) is 6.55. The summed E-state index contributed by atoms with van der Waals surface area (Å²) in [6.45, 7) is 1.98. The number of carbonyl (C=O) groups is 3. The summed E-state index contributed by atoms with van der Waals surface area (Å²) in [5, 5.41) is 0. The van der Waals surface area contributed by atoms with Gasteiger partial charge in [0.05, 0.1) is 5.92 Å². The molecular weight excluding hydrogens is 244 g/mol. The van der Waals surface area contributed by atoms with Gasteiger partial charge >= 0.3 is 0 Å². The number of Topliss-reactive ketones (excluding diaryl/α,β-unsaturated/α-hetero) is 1. The summed E-state index contributed by atoms with van der Waals surface area (Å²) in [6.07, 6.45) is 2.11. The Morgan fingerprint density at radius 1 is 1.16 bits per heavy atom. The van der Waals surface area contributed by atoms with Crippen LogP contribution in [0.3, 0.4) is 0 Å². The number of amides is 2. The molecule has 0 aliphatic heterocycles. The summed E-state index contributed by atoms with van der Waals surface area (Å²) in [5.74, 6) is -2.97. The van der Waals surface area contributed by atoms with Gasteiger partial charge in [0.2, 0.25) is 11.7 Å².